The quantitative estimate of drug-likeness (QED) is 0.0260. The Morgan fingerprint density at radius 3 is 1.37 bits per heavy atom. The highest BCUT2D eigenvalue weighted by atomic mass is 35.5. The van der Waals surface area contributed by atoms with Crippen LogP contribution in [-0.4, -0.2) is 135 Å². The van der Waals surface area contributed by atoms with Crippen LogP contribution in [0.2, 0.25) is 15.1 Å². The highest BCUT2D eigenvalue weighted by Gasteiger charge is 2.28. The molecule has 0 saturated heterocycles. The van der Waals surface area contributed by atoms with Gasteiger partial charge in [0.2, 0.25) is 23.9 Å². The molecule has 0 bridgehead atoms. The van der Waals surface area contributed by atoms with Crippen LogP contribution < -0.4 is 41.4 Å². The number of thiophene rings is 3. The van der Waals surface area contributed by atoms with Crippen LogP contribution in [0.1, 0.15) is 76.2 Å². The summed E-state index contributed by atoms with van der Waals surface area (Å²) in [5, 5.41) is 22.7. The molecule has 464 valence electrons. The van der Waals surface area contributed by atoms with Gasteiger partial charge in [-0.15, -0.1) is 44.2 Å². The smallest absolute Gasteiger partial charge is 0.376 e. The number of amides is 1. The van der Waals surface area contributed by atoms with Crippen molar-refractivity contribution >= 4 is 129 Å². The summed E-state index contributed by atoms with van der Waals surface area (Å²) in [7, 11) is 11.1. The Labute approximate surface area is 539 Å². The number of nitrogens with zero attached hydrogens (tertiary/aromatic N) is 11. The van der Waals surface area contributed by atoms with Crippen LogP contribution in [0.4, 0.5) is 17.5 Å². The average molecular weight is 1320 g/mol. The van der Waals surface area contributed by atoms with Crippen molar-refractivity contribution in [1.82, 2.24) is 60.2 Å². The lowest BCUT2D eigenvalue weighted by molar-refractivity contribution is 0.0512. The molecule has 0 fully saturated rings. The van der Waals surface area contributed by atoms with Gasteiger partial charge in [0.1, 0.15) is 49.2 Å². The van der Waals surface area contributed by atoms with Crippen molar-refractivity contribution in [2.75, 3.05) is 84.7 Å². The van der Waals surface area contributed by atoms with Crippen LogP contribution in [0.15, 0.2) is 65.4 Å². The number of methoxy groups -OCH3 is 3. The molecule has 1 amide bonds. The van der Waals surface area contributed by atoms with E-state index >= 15 is 0 Å². The minimum Gasteiger partial charge on any atom is -0.495 e. The van der Waals surface area contributed by atoms with Crippen LogP contribution in [0, 0.1) is 0 Å². The standard InChI is InChI=1S/C21H23ClN4O3S.C20H19ClN6O2S.C19H21ClN6O2S/c1-4-29-21(27)19-24-18(23-10-12-5-6-15(28-3)14(22)9-12)17-13-7-8-26(2)11-16(13)30-20(17)25-19;1-27-6-5-12-15(9-27)30-20-16(12)17(24-18(25-20)19-26-23-10-29-19)22-8-11-3-4-14(28-2)13(21)7-11;1-26-6-5-11-14(9-26)29-19-15(11)16(23-17(24-19)18(27)25-21)22-8-10-3-4-13(28-2)12(20)7-10/h5-6,9H,4,7-8,10-11H2,1-3H3,(H,23,24,25);3-4,7,10H,5-6,8-9H2,1-2H3,(H,22,24,25);3-4,7H,5-6,8-9,21H2,1-2H3,(H,25,27)(H,22,23,24). The van der Waals surface area contributed by atoms with E-state index in [1.54, 1.807) is 62.3 Å². The lowest BCUT2D eigenvalue weighted by atomic mass is 10.1. The molecule has 0 radical (unpaired) electrons. The molecular formula is C60H63Cl3N16O7S3. The predicted octanol–water partition coefficient (Wildman–Crippen LogP) is 10.7. The summed E-state index contributed by atoms with van der Waals surface area (Å²) in [6, 6.07) is 17.0. The Balaban J connectivity index is 0.000000138. The van der Waals surface area contributed by atoms with Crippen LogP contribution in [0.5, 0.6) is 17.2 Å². The van der Waals surface area contributed by atoms with Gasteiger partial charge in [-0.3, -0.25) is 10.2 Å². The number of ether oxygens (including phenoxy) is 4. The highest BCUT2D eigenvalue weighted by molar-refractivity contribution is 7.19. The topological polar surface area (TPSA) is 271 Å². The van der Waals surface area contributed by atoms with Gasteiger partial charge in [0.05, 0.1) is 59.2 Å². The van der Waals surface area contributed by atoms with E-state index in [2.05, 4.69) is 87.4 Å². The molecule has 6 N–H and O–H groups in total. The zero-order chi connectivity index (χ0) is 62.5. The van der Waals surface area contributed by atoms with Crippen LogP contribution in [0.25, 0.3) is 42.4 Å². The third kappa shape index (κ3) is 14.1. The fourth-order valence-electron chi connectivity index (χ4n) is 10.6. The van der Waals surface area contributed by atoms with Gasteiger partial charge in [-0.25, -0.2) is 40.5 Å². The maximum absolute atomic E-state index is 12.3. The molecule has 7 aromatic heterocycles. The molecule has 23 nitrogen and oxygen atoms in total. The maximum Gasteiger partial charge on any atom is 0.376 e. The summed E-state index contributed by atoms with van der Waals surface area (Å²) in [5.41, 5.74) is 8.91. The SMILES string of the molecule is CCOC(=O)c1nc(NCc2ccc(OC)c(Cl)c2)c2c3c(sc2n1)CN(C)CC3.COc1ccc(CNc2nc(-c3nnco3)nc3sc4c(c23)CCN(C)C4)cc1Cl.COc1ccc(CNc2nc(C(=O)NN)nc3sc4c(c23)CCN(C)C4)cc1Cl. The van der Waals surface area contributed by atoms with Crippen LogP contribution in [0.3, 0.4) is 0 Å². The predicted molar refractivity (Wildman–Crippen MR) is 349 cm³/mol. The van der Waals surface area contributed by atoms with Gasteiger partial charge in [0, 0.05) is 73.5 Å². The fourth-order valence-corrected chi connectivity index (χ4v) is 15.3. The van der Waals surface area contributed by atoms with E-state index in [9.17, 15) is 9.59 Å². The molecule has 13 rings (SSSR count). The lowest BCUT2D eigenvalue weighted by Gasteiger charge is -2.22. The molecule has 29 heteroatoms. The van der Waals surface area contributed by atoms with Crippen LogP contribution >= 0.6 is 68.8 Å². The number of benzene rings is 3. The number of likely N-dealkylation sites (N-methyl/N-ethyl adjacent to an activating group) is 3. The first-order chi connectivity index (χ1) is 43.1. The van der Waals surface area contributed by atoms with Gasteiger partial charge in [0.15, 0.2) is 0 Å². The second-order valence-electron chi connectivity index (χ2n) is 21.1. The first-order valence-electron chi connectivity index (χ1n) is 28.3. The fraction of sp³-hybridized carbons (Fsp3) is 0.333. The number of rotatable bonds is 16. The van der Waals surface area contributed by atoms with Crippen molar-refractivity contribution in [3.8, 4) is 29.0 Å². The number of nitrogens with two attached hydrogens (primary N) is 1. The van der Waals surface area contributed by atoms with E-state index in [1.165, 1.54) is 37.7 Å². The summed E-state index contributed by atoms with van der Waals surface area (Å²) >= 11 is 23.7. The molecule has 3 aromatic carbocycles. The number of carbonyl (C=O) groups excluding carboxylic acids is 2. The van der Waals surface area contributed by atoms with Gasteiger partial charge in [-0.1, -0.05) is 53.0 Å². The van der Waals surface area contributed by atoms with E-state index in [0.717, 1.165) is 112 Å². The summed E-state index contributed by atoms with van der Waals surface area (Å²) in [4.78, 5) is 65.0. The number of hydrogen-bond donors (Lipinski definition) is 5. The van der Waals surface area contributed by atoms with Crippen molar-refractivity contribution < 1.29 is 33.0 Å². The van der Waals surface area contributed by atoms with Crippen molar-refractivity contribution in [3.05, 3.63) is 136 Å². The number of halogens is 3. The van der Waals surface area contributed by atoms with Gasteiger partial charge in [-0.2, -0.15) is 0 Å². The molecule has 0 saturated carbocycles. The third-order valence-electron chi connectivity index (χ3n) is 15.0. The molecule has 0 aliphatic carbocycles. The molecule has 0 spiro atoms. The Hall–Kier alpha value is -7.63. The number of nitrogens with one attached hydrogen (secondary N) is 4. The second kappa shape index (κ2) is 28.0. The largest absolute Gasteiger partial charge is 0.495 e. The summed E-state index contributed by atoms with van der Waals surface area (Å²) in [6.07, 6.45) is 4.10. The maximum atomic E-state index is 12.3. The summed E-state index contributed by atoms with van der Waals surface area (Å²) < 4.78 is 26.1. The number of esters is 1. The van der Waals surface area contributed by atoms with Crippen molar-refractivity contribution in [1.29, 1.82) is 0 Å². The van der Waals surface area contributed by atoms with Gasteiger partial charge in [-0.05, 0) is 117 Å². The first-order valence-corrected chi connectivity index (χ1v) is 31.9. The minimum absolute atomic E-state index is 0.0437. The van der Waals surface area contributed by atoms with Crippen molar-refractivity contribution in [3.63, 3.8) is 0 Å². The van der Waals surface area contributed by atoms with E-state index in [4.69, 9.17) is 74.0 Å². The Kier molecular flexibility index (Phi) is 19.8. The molecule has 10 aromatic rings. The second-order valence-corrected chi connectivity index (χ2v) is 25.6. The number of anilines is 3. The molecule has 10 heterocycles. The highest BCUT2D eigenvalue weighted by Crippen LogP contribution is 2.42. The average Bonchev–Trinajstić information content (AvgIpc) is 1.67. The van der Waals surface area contributed by atoms with Gasteiger partial charge in [0.25, 0.3) is 5.89 Å². The lowest BCUT2D eigenvalue weighted by Crippen LogP contribution is -2.31. The zero-order valence-electron chi connectivity index (χ0n) is 49.7. The van der Waals surface area contributed by atoms with Crippen LogP contribution in [-0.2, 0) is 63.3 Å². The van der Waals surface area contributed by atoms with Crippen molar-refractivity contribution in [2.45, 2.75) is 65.5 Å². The van der Waals surface area contributed by atoms with E-state index in [1.807, 2.05) is 54.6 Å². The molecule has 89 heavy (non-hydrogen) atoms. The molecule has 3 aliphatic heterocycles. The normalized spacial score (nSPS) is 14.0. The summed E-state index contributed by atoms with van der Waals surface area (Å²) in [5.74, 6) is 9.04. The molecule has 0 atom stereocenters. The number of carbonyl (C=O) groups is 2. The van der Waals surface area contributed by atoms with Gasteiger partial charge < -0.3 is 54.0 Å². The van der Waals surface area contributed by atoms with E-state index in [-0.39, 0.29) is 18.3 Å². The van der Waals surface area contributed by atoms with Crippen molar-refractivity contribution in [2.24, 2.45) is 5.84 Å². The Morgan fingerprint density at radius 2 is 0.989 bits per heavy atom. The van der Waals surface area contributed by atoms with E-state index in [0.29, 0.717) is 75.3 Å². The molecular weight excluding hydrogens is 1260 g/mol. The summed E-state index contributed by atoms with van der Waals surface area (Å²) in [6.45, 7) is 9.21. The molecule has 3 aliphatic rings. The first kappa shape index (κ1) is 63.0. The number of nitrogen functional groups attached to an aromatic ring is 1. The Morgan fingerprint density at radius 1 is 0.584 bits per heavy atom. The molecule has 0 unspecified atom stereocenters. The Bertz CT molecular complexity index is 4250. The zero-order valence-corrected chi connectivity index (χ0v) is 54.4. The third-order valence-corrected chi connectivity index (χ3v) is 19.3. The monoisotopic (exact) mass is 1320 g/mol. The minimum atomic E-state index is -0.522. The number of aromatic nitrogens is 8. The van der Waals surface area contributed by atoms with Gasteiger partial charge >= 0.3 is 11.9 Å². The number of fused-ring (bicyclic) bond motifs is 9. The van der Waals surface area contributed by atoms with E-state index < -0.39 is 11.9 Å². The number of hydrogen-bond acceptors (Lipinski definition) is 25. The number of hydrazine groups is 1.